The van der Waals surface area contributed by atoms with E-state index in [1.807, 2.05) is 0 Å². The van der Waals surface area contributed by atoms with Crippen molar-refractivity contribution in [3.63, 3.8) is 0 Å². The number of nitrogens with zero attached hydrogens (tertiary/aromatic N) is 2. The first-order valence-electron chi connectivity index (χ1n) is 13.7. The van der Waals surface area contributed by atoms with Crippen molar-refractivity contribution in [1.82, 2.24) is 15.4 Å². The van der Waals surface area contributed by atoms with Crippen LogP contribution in [0.5, 0.6) is 0 Å². The van der Waals surface area contributed by atoms with Crippen molar-refractivity contribution < 1.29 is 9.90 Å². The molecule has 0 amide bonds. The smallest absolute Gasteiger partial charge is 0.122 e. The quantitative estimate of drug-likeness (QED) is 0.174. The Morgan fingerprint density at radius 1 is 0.667 bits per heavy atom. The number of unbranched alkanes of at least 4 members (excludes halogenated alkanes) is 5. The number of carboxylic acid groups (broad SMARTS) is 1. The minimum Gasteiger partial charge on any atom is -0.545 e. The molecule has 0 saturated carbocycles. The SMILES string of the molecule is CCCCCCCC[P+](c1ccccc1)(c1ccccc1)c1ccccc1.O=C([O-])c1cccc2n[nH]nc12. The molecule has 0 radical (unpaired) electrons. The number of fused-ring (bicyclic) bond motifs is 1. The topological polar surface area (TPSA) is 81.7 Å². The summed E-state index contributed by atoms with van der Waals surface area (Å²) in [5.41, 5.74) is 0.912. The Balaban J connectivity index is 0.000000243. The van der Waals surface area contributed by atoms with E-state index in [0.717, 1.165) is 0 Å². The van der Waals surface area contributed by atoms with Gasteiger partial charge in [0.2, 0.25) is 0 Å². The average Bonchev–Trinajstić information content (AvgIpc) is 3.48. The van der Waals surface area contributed by atoms with Gasteiger partial charge in [-0.2, -0.15) is 15.4 Å². The van der Waals surface area contributed by atoms with Crippen molar-refractivity contribution >= 4 is 40.2 Å². The van der Waals surface area contributed by atoms with Crippen LogP contribution in [0.2, 0.25) is 0 Å². The summed E-state index contributed by atoms with van der Waals surface area (Å²) >= 11 is 0. The van der Waals surface area contributed by atoms with Gasteiger partial charge < -0.3 is 9.90 Å². The second kappa shape index (κ2) is 14.4. The fourth-order valence-corrected chi connectivity index (χ4v) is 9.45. The van der Waals surface area contributed by atoms with Gasteiger partial charge in [0.05, 0.1) is 12.1 Å². The Kier molecular flexibility index (Phi) is 10.4. The molecule has 5 rings (SSSR count). The van der Waals surface area contributed by atoms with Gasteiger partial charge in [0.25, 0.3) is 0 Å². The first-order chi connectivity index (χ1) is 19.2. The molecule has 6 heteroatoms. The molecule has 1 heterocycles. The van der Waals surface area contributed by atoms with E-state index in [4.69, 9.17) is 0 Å². The molecule has 5 aromatic rings. The molecule has 1 N–H and O–H groups in total. The zero-order valence-electron chi connectivity index (χ0n) is 22.5. The zero-order chi connectivity index (χ0) is 27.3. The number of hydrogen-bond donors (Lipinski definition) is 1. The number of aromatic nitrogens is 3. The number of nitrogens with one attached hydrogen (secondary N) is 1. The number of carbonyl (C=O) groups is 1. The molecule has 0 fully saturated rings. The van der Waals surface area contributed by atoms with E-state index in [-0.39, 0.29) is 5.56 Å². The van der Waals surface area contributed by atoms with Crippen molar-refractivity contribution in [2.24, 2.45) is 0 Å². The molecular formula is C33H36N3O2P. The van der Waals surface area contributed by atoms with Crippen LogP contribution in [0.25, 0.3) is 11.0 Å². The molecule has 0 bridgehead atoms. The maximum Gasteiger partial charge on any atom is 0.122 e. The number of aromatic carboxylic acids is 1. The molecule has 0 spiro atoms. The second-order valence-electron chi connectivity index (χ2n) is 9.59. The minimum atomic E-state index is -1.61. The molecule has 0 unspecified atom stereocenters. The molecule has 1 aromatic heterocycles. The van der Waals surface area contributed by atoms with Gasteiger partial charge in [-0.05, 0) is 55.3 Å². The Morgan fingerprint density at radius 2 is 1.18 bits per heavy atom. The van der Waals surface area contributed by atoms with Gasteiger partial charge in [0, 0.05) is 5.56 Å². The normalized spacial score (nSPS) is 11.1. The van der Waals surface area contributed by atoms with Gasteiger partial charge in [-0.1, -0.05) is 99.3 Å². The highest BCUT2D eigenvalue weighted by atomic mass is 31.2. The number of carbonyl (C=O) groups excluding carboxylic acids is 1. The molecule has 39 heavy (non-hydrogen) atoms. The summed E-state index contributed by atoms with van der Waals surface area (Å²) in [6.45, 7) is 2.29. The molecule has 0 aliphatic carbocycles. The highest BCUT2D eigenvalue weighted by Crippen LogP contribution is 2.56. The lowest BCUT2D eigenvalue weighted by molar-refractivity contribution is -0.254. The van der Waals surface area contributed by atoms with Crippen molar-refractivity contribution in [1.29, 1.82) is 0 Å². The fourth-order valence-electron chi connectivity index (χ4n) is 5.04. The van der Waals surface area contributed by atoms with Crippen LogP contribution < -0.4 is 21.0 Å². The summed E-state index contributed by atoms with van der Waals surface area (Å²) in [5.74, 6) is -1.24. The van der Waals surface area contributed by atoms with Crippen LogP contribution in [0.4, 0.5) is 0 Å². The van der Waals surface area contributed by atoms with E-state index in [2.05, 4.69) is 113 Å². The van der Waals surface area contributed by atoms with E-state index in [1.165, 1.54) is 66.7 Å². The van der Waals surface area contributed by atoms with E-state index in [1.54, 1.807) is 12.1 Å². The van der Waals surface area contributed by atoms with E-state index >= 15 is 0 Å². The molecule has 4 aromatic carbocycles. The van der Waals surface area contributed by atoms with Crippen LogP contribution in [-0.2, 0) is 0 Å². The molecule has 0 saturated heterocycles. The number of H-pyrrole nitrogens is 1. The predicted octanol–water partition coefficient (Wildman–Crippen LogP) is 5.66. The van der Waals surface area contributed by atoms with Crippen molar-refractivity contribution in [2.45, 2.75) is 45.4 Å². The Morgan fingerprint density at radius 3 is 1.69 bits per heavy atom. The Labute approximate surface area is 231 Å². The summed E-state index contributed by atoms with van der Waals surface area (Å²) in [6.07, 6.45) is 9.34. The summed E-state index contributed by atoms with van der Waals surface area (Å²) in [5, 5.41) is 24.8. The van der Waals surface area contributed by atoms with Crippen molar-refractivity contribution in [3.05, 3.63) is 115 Å². The molecule has 0 aliphatic rings. The first-order valence-corrected chi connectivity index (χ1v) is 15.7. The number of aromatic amines is 1. The summed E-state index contributed by atoms with van der Waals surface area (Å²) in [7, 11) is -1.61. The number of rotatable bonds is 11. The van der Waals surface area contributed by atoms with Crippen LogP contribution in [0.1, 0.15) is 55.8 Å². The first kappa shape index (κ1) is 28.2. The molecule has 200 valence electrons. The Bertz CT molecular complexity index is 1330. The van der Waals surface area contributed by atoms with Crippen LogP contribution in [0.15, 0.2) is 109 Å². The largest absolute Gasteiger partial charge is 0.545 e. The van der Waals surface area contributed by atoms with Crippen LogP contribution in [-0.4, -0.2) is 27.5 Å². The van der Waals surface area contributed by atoms with E-state index in [9.17, 15) is 9.90 Å². The van der Waals surface area contributed by atoms with Gasteiger partial charge in [0.15, 0.2) is 0 Å². The maximum atomic E-state index is 10.5. The summed E-state index contributed by atoms with van der Waals surface area (Å²) < 4.78 is 0. The predicted molar refractivity (Wildman–Crippen MR) is 162 cm³/mol. The molecular weight excluding hydrogens is 501 g/mol. The second-order valence-corrected chi connectivity index (χ2v) is 13.2. The summed E-state index contributed by atoms with van der Waals surface area (Å²) in [4.78, 5) is 10.5. The molecule has 0 aliphatic heterocycles. The van der Waals surface area contributed by atoms with Crippen LogP contribution in [0.3, 0.4) is 0 Å². The number of para-hydroxylation sites is 1. The van der Waals surface area contributed by atoms with Gasteiger partial charge in [-0.25, -0.2) is 0 Å². The highest BCUT2D eigenvalue weighted by molar-refractivity contribution is 7.95. The number of carboxylic acids is 1. The van der Waals surface area contributed by atoms with Crippen LogP contribution in [0, 0.1) is 0 Å². The van der Waals surface area contributed by atoms with Crippen LogP contribution >= 0.6 is 7.26 Å². The fraction of sp³-hybridized carbons (Fsp3) is 0.242. The average molecular weight is 538 g/mol. The van der Waals surface area contributed by atoms with E-state index < -0.39 is 13.2 Å². The third-order valence-corrected chi connectivity index (χ3v) is 11.5. The van der Waals surface area contributed by atoms with Gasteiger partial charge in [-0.3, -0.25) is 0 Å². The zero-order valence-corrected chi connectivity index (χ0v) is 23.4. The molecule has 0 atom stereocenters. The standard InChI is InChI=1S/C26H32P.C7H5N3O2/c1-2-3-4-5-6-16-23-27(24-17-10-7-11-18-24,25-19-12-8-13-20-25)26-21-14-9-15-22-26;11-7(12)4-2-1-3-5-6(4)9-10-8-5/h7-15,17-22H,2-6,16,23H2,1H3;1-3H,(H,11,12)(H,8,9,10)/q+1;/p-1. The van der Waals surface area contributed by atoms with E-state index in [0.29, 0.717) is 11.0 Å². The van der Waals surface area contributed by atoms with Crippen molar-refractivity contribution in [3.8, 4) is 0 Å². The summed E-state index contributed by atoms with van der Waals surface area (Å²) in [6, 6.07) is 38.5. The maximum absolute atomic E-state index is 10.5. The monoisotopic (exact) mass is 537 g/mol. The third-order valence-electron chi connectivity index (χ3n) is 7.00. The lowest BCUT2D eigenvalue weighted by Crippen LogP contribution is -2.33. The highest BCUT2D eigenvalue weighted by Gasteiger charge is 2.44. The van der Waals surface area contributed by atoms with Gasteiger partial charge >= 0.3 is 0 Å². The minimum absolute atomic E-state index is 0.0567. The Hall–Kier alpha value is -3.82. The lowest BCUT2D eigenvalue weighted by Gasteiger charge is -2.27. The lowest BCUT2D eigenvalue weighted by atomic mass is 10.1. The third kappa shape index (κ3) is 6.99. The molecule has 5 nitrogen and oxygen atoms in total. The number of hydrogen-bond acceptors (Lipinski definition) is 4. The van der Waals surface area contributed by atoms with Gasteiger partial charge in [0.1, 0.15) is 34.2 Å². The number of benzene rings is 4. The van der Waals surface area contributed by atoms with Crippen molar-refractivity contribution in [2.75, 3.05) is 6.16 Å². The van der Waals surface area contributed by atoms with Gasteiger partial charge in [-0.15, -0.1) is 0 Å².